The lowest BCUT2D eigenvalue weighted by Crippen LogP contribution is -2.32. The van der Waals surface area contributed by atoms with Gasteiger partial charge in [0.25, 0.3) is 5.56 Å². The molecule has 1 heterocycles. The van der Waals surface area contributed by atoms with E-state index in [9.17, 15) is 14.0 Å². The minimum Gasteiger partial charge on any atom is -0.312 e. The lowest BCUT2D eigenvalue weighted by atomic mass is 10.2. The second kappa shape index (κ2) is 9.78. The topological polar surface area (TPSA) is 55.2 Å². The van der Waals surface area contributed by atoms with E-state index in [4.69, 9.17) is 0 Å². The molecule has 0 fully saturated rings. The molecular weight excluding hydrogens is 425 g/mol. The van der Waals surface area contributed by atoms with Crippen LogP contribution in [0.25, 0.3) is 10.9 Å². The Balaban J connectivity index is 1.65. The van der Waals surface area contributed by atoms with Crippen LogP contribution in [0.4, 0.5) is 10.1 Å². The molecule has 1 amide bonds. The Morgan fingerprint density at radius 2 is 1.69 bits per heavy atom. The zero-order chi connectivity index (χ0) is 22.5. The molecule has 162 valence electrons. The van der Waals surface area contributed by atoms with E-state index >= 15 is 0 Å². The third kappa shape index (κ3) is 4.73. The molecule has 0 saturated heterocycles. The fraction of sp³-hybridized carbons (Fsp3) is 0.160. The Labute approximate surface area is 189 Å². The quantitative estimate of drug-likeness (QED) is 0.304. The molecule has 4 rings (SSSR count). The highest BCUT2D eigenvalue weighted by Crippen LogP contribution is 2.21. The first-order valence-corrected chi connectivity index (χ1v) is 11.3. The molecular formula is C25H22FN3O2S. The van der Waals surface area contributed by atoms with Crippen LogP contribution in [0.3, 0.4) is 0 Å². The molecule has 0 unspecified atom stereocenters. The summed E-state index contributed by atoms with van der Waals surface area (Å²) in [7, 11) is 0. The SMILES string of the molecule is CCN(C(=O)CSc1nc2ccccc2c(=O)n1Cc1ccc(F)cc1)c1ccccc1. The maximum absolute atomic E-state index is 13.3. The number of thioether (sulfide) groups is 1. The van der Waals surface area contributed by atoms with Gasteiger partial charge in [-0.3, -0.25) is 14.2 Å². The van der Waals surface area contributed by atoms with Gasteiger partial charge >= 0.3 is 0 Å². The number of halogens is 1. The van der Waals surface area contributed by atoms with Crippen LogP contribution in [0.15, 0.2) is 88.8 Å². The number of anilines is 1. The Morgan fingerprint density at radius 3 is 2.41 bits per heavy atom. The minimum atomic E-state index is -0.335. The summed E-state index contributed by atoms with van der Waals surface area (Å²) in [6.07, 6.45) is 0. The first-order valence-electron chi connectivity index (χ1n) is 10.3. The molecule has 0 saturated carbocycles. The molecule has 0 aliphatic heterocycles. The van der Waals surface area contributed by atoms with Crippen LogP contribution in [0, 0.1) is 5.82 Å². The first kappa shape index (κ1) is 21.8. The van der Waals surface area contributed by atoms with Gasteiger partial charge in [-0.2, -0.15) is 0 Å². The van der Waals surface area contributed by atoms with E-state index in [0.29, 0.717) is 22.6 Å². The average Bonchev–Trinajstić information content (AvgIpc) is 2.82. The van der Waals surface area contributed by atoms with Crippen molar-refractivity contribution in [2.45, 2.75) is 18.6 Å². The molecule has 0 atom stereocenters. The third-order valence-electron chi connectivity index (χ3n) is 5.09. The molecule has 4 aromatic rings. The molecule has 1 aromatic heterocycles. The maximum atomic E-state index is 13.3. The number of benzene rings is 3. The highest BCUT2D eigenvalue weighted by Gasteiger charge is 2.17. The van der Waals surface area contributed by atoms with Crippen LogP contribution in [0.2, 0.25) is 0 Å². The number of rotatable bonds is 7. The smallest absolute Gasteiger partial charge is 0.262 e. The fourth-order valence-corrected chi connectivity index (χ4v) is 4.36. The van der Waals surface area contributed by atoms with E-state index in [1.807, 2.05) is 43.3 Å². The van der Waals surface area contributed by atoms with E-state index in [-0.39, 0.29) is 29.6 Å². The van der Waals surface area contributed by atoms with Crippen molar-refractivity contribution in [3.63, 3.8) is 0 Å². The van der Waals surface area contributed by atoms with Crippen molar-refractivity contribution in [3.05, 3.63) is 101 Å². The average molecular weight is 448 g/mol. The lowest BCUT2D eigenvalue weighted by Gasteiger charge is -2.21. The number of hydrogen-bond acceptors (Lipinski definition) is 4. The Kier molecular flexibility index (Phi) is 6.66. The second-order valence-electron chi connectivity index (χ2n) is 7.19. The van der Waals surface area contributed by atoms with E-state index in [1.165, 1.54) is 23.9 Å². The van der Waals surface area contributed by atoms with Crippen molar-refractivity contribution >= 4 is 34.3 Å². The summed E-state index contributed by atoms with van der Waals surface area (Å²) in [5.41, 5.74) is 2.00. The van der Waals surface area contributed by atoms with Gasteiger partial charge in [0.1, 0.15) is 5.82 Å². The summed E-state index contributed by atoms with van der Waals surface area (Å²) in [5.74, 6) is -0.269. The van der Waals surface area contributed by atoms with E-state index in [0.717, 1.165) is 11.3 Å². The van der Waals surface area contributed by atoms with Crippen LogP contribution in [0.1, 0.15) is 12.5 Å². The van der Waals surface area contributed by atoms with Crippen LogP contribution in [-0.2, 0) is 11.3 Å². The number of hydrogen-bond donors (Lipinski definition) is 0. The normalized spacial score (nSPS) is 10.9. The fourth-order valence-electron chi connectivity index (χ4n) is 3.48. The summed E-state index contributed by atoms with van der Waals surface area (Å²) in [6, 6.07) is 22.6. The molecule has 7 heteroatoms. The molecule has 0 radical (unpaired) electrons. The Morgan fingerprint density at radius 1 is 1.00 bits per heavy atom. The molecule has 0 N–H and O–H groups in total. The van der Waals surface area contributed by atoms with Gasteiger partial charge in [-0.25, -0.2) is 9.37 Å². The second-order valence-corrected chi connectivity index (χ2v) is 8.13. The molecule has 5 nitrogen and oxygen atoms in total. The van der Waals surface area contributed by atoms with Gasteiger partial charge in [-0.1, -0.05) is 54.2 Å². The van der Waals surface area contributed by atoms with Gasteiger partial charge < -0.3 is 4.90 Å². The lowest BCUT2D eigenvalue weighted by molar-refractivity contribution is -0.116. The van der Waals surface area contributed by atoms with Crippen molar-refractivity contribution in [2.75, 3.05) is 17.2 Å². The third-order valence-corrected chi connectivity index (χ3v) is 6.05. The van der Waals surface area contributed by atoms with Gasteiger partial charge in [-0.15, -0.1) is 0 Å². The summed E-state index contributed by atoms with van der Waals surface area (Å²) < 4.78 is 14.9. The molecule has 32 heavy (non-hydrogen) atoms. The molecule has 0 bridgehead atoms. The standard InChI is InChI=1S/C25H22FN3O2S/c1-2-28(20-8-4-3-5-9-20)23(30)17-32-25-27-22-11-7-6-10-21(22)24(31)29(25)16-18-12-14-19(26)15-13-18/h3-15H,2,16-17H2,1H3. The van der Waals surface area contributed by atoms with Crippen LogP contribution >= 0.6 is 11.8 Å². The highest BCUT2D eigenvalue weighted by molar-refractivity contribution is 7.99. The van der Waals surface area contributed by atoms with Crippen LogP contribution < -0.4 is 10.5 Å². The van der Waals surface area contributed by atoms with Gasteiger partial charge in [0.15, 0.2) is 5.16 Å². The number of fused-ring (bicyclic) bond motifs is 1. The van der Waals surface area contributed by atoms with Crippen molar-refractivity contribution in [1.82, 2.24) is 9.55 Å². The summed E-state index contributed by atoms with van der Waals surface area (Å²) in [6.45, 7) is 2.70. The van der Waals surface area contributed by atoms with Crippen LogP contribution in [-0.4, -0.2) is 27.8 Å². The van der Waals surface area contributed by atoms with Crippen molar-refractivity contribution < 1.29 is 9.18 Å². The van der Waals surface area contributed by atoms with E-state index in [1.54, 1.807) is 39.8 Å². The predicted octanol–water partition coefficient (Wildman–Crippen LogP) is 4.73. The van der Waals surface area contributed by atoms with Crippen molar-refractivity contribution in [3.8, 4) is 0 Å². The Hall–Kier alpha value is -3.45. The number of amides is 1. The summed E-state index contributed by atoms with van der Waals surface area (Å²) in [4.78, 5) is 32.5. The number of para-hydroxylation sites is 2. The summed E-state index contributed by atoms with van der Waals surface area (Å²) in [5, 5.41) is 0.959. The van der Waals surface area contributed by atoms with E-state index < -0.39 is 0 Å². The van der Waals surface area contributed by atoms with Gasteiger partial charge in [0.2, 0.25) is 5.91 Å². The number of carbonyl (C=O) groups excluding carboxylic acids is 1. The molecule has 0 aliphatic carbocycles. The largest absolute Gasteiger partial charge is 0.312 e. The zero-order valence-electron chi connectivity index (χ0n) is 17.6. The van der Waals surface area contributed by atoms with Gasteiger partial charge in [0, 0.05) is 12.2 Å². The predicted molar refractivity (Wildman–Crippen MR) is 127 cm³/mol. The minimum absolute atomic E-state index is 0.0700. The number of carbonyl (C=O) groups is 1. The summed E-state index contributed by atoms with van der Waals surface area (Å²) >= 11 is 1.23. The van der Waals surface area contributed by atoms with Crippen molar-refractivity contribution in [2.24, 2.45) is 0 Å². The highest BCUT2D eigenvalue weighted by atomic mass is 32.2. The maximum Gasteiger partial charge on any atom is 0.262 e. The monoisotopic (exact) mass is 447 g/mol. The van der Waals surface area contributed by atoms with E-state index in [2.05, 4.69) is 4.98 Å². The van der Waals surface area contributed by atoms with Crippen molar-refractivity contribution in [1.29, 1.82) is 0 Å². The van der Waals surface area contributed by atoms with Gasteiger partial charge in [0.05, 0.1) is 23.2 Å². The number of nitrogens with zero attached hydrogens (tertiary/aromatic N) is 3. The van der Waals surface area contributed by atoms with Crippen LogP contribution in [0.5, 0.6) is 0 Å². The first-order chi connectivity index (χ1) is 15.6. The molecule has 0 spiro atoms. The Bertz CT molecular complexity index is 1290. The van der Waals surface area contributed by atoms with Gasteiger partial charge in [-0.05, 0) is 48.9 Å². The molecule has 3 aromatic carbocycles. The molecule has 0 aliphatic rings. The zero-order valence-corrected chi connectivity index (χ0v) is 18.4. The number of aromatic nitrogens is 2.